The predicted octanol–water partition coefficient (Wildman–Crippen LogP) is 3.50. The number of carbonyl (C=O) groups excluding carboxylic acids is 2. The minimum absolute atomic E-state index is 0.130. The van der Waals surface area contributed by atoms with Crippen LogP contribution in [-0.4, -0.2) is 21.8 Å². The molecule has 144 valence electrons. The van der Waals surface area contributed by atoms with Gasteiger partial charge >= 0.3 is 0 Å². The van der Waals surface area contributed by atoms with Gasteiger partial charge in [-0.1, -0.05) is 17.7 Å². The van der Waals surface area contributed by atoms with E-state index in [1.54, 1.807) is 18.3 Å². The fraction of sp³-hybridized carbons (Fsp3) is 0.158. The van der Waals surface area contributed by atoms with Gasteiger partial charge in [0.05, 0.1) is 17.1 Å². The van der Waals surface area contributed by atoms with E-state index in [4.69, 9.17) is 11.6 Å². The summed E-state index contributed by atoms with van der Waals surface area (Å²) in [5.41, 5.74) is 0.803. The van der Waals surface area contributed by atoms with Crippen LogP contribution in [0, 0.1) is 12.7 Å². The van der Waals surface area contributed by atoms with Crippen LogP contribution in [0.1, 0.15) is 36.3 Å². The minimum atomic E-state index is -0.650. The Kier molecular flexibility index (Phi) is 6.33. The van der Waals surface area contributed by atoms with Gasteiger partial charge in [-0.15, -0.1) is 11.3 Å². The van der Waals surface area contributed by atoms with Gasteiger partial charge in [0.1, 0.15) is 11.5 Å². The lowest BCUT2D eigenvalue weighted by Gasteiger charge is -2.07. The van der Waals surface area contributed by atoms with Crippen molar-refractivity contribution in [2.75, 3.05) is 0 Å². The number of benzene rings is 1. The Labute approximate surface area is 169 Å². The van der Waals surface area contributed by atoms with Crippen LogP contribution in [-0.2, 0) is 13.1 Å². The molecule has 2 amide bonds. The SMILES string of the molecule is Cc1ncc(CNC(=O)c2ccc(CNC(=O)c3cc(Cl)ccc3F)cn2)s1. The first kappa shape index (κ1) is 19.9. The molecule has 0 aliphatic heterocycles. The first-order valence-corrected chi connectivity index (χ1v) is 9.49. The lowest BCUT2D eigenvalue weighted by atomic mass is 10.2. The summed E-state index contributed by atoms with van der Waals surface area (Å²) >= 11 is 7.31. The lowest BCUT2D eigenvalue weighted by molar-refractivity contribution is 0.0937. The zero-order valence-corrected chi connectivity index (χ0v) is 16.4. The number of nitrogens with one attached hydrogen (secondary N) is 2. The van der Waals surface area contributed by atoms with Crippen molar-refractivity contribution in [1.29, 1.82) is 0 Å². The highest BCUT2D eigenvalue weighted by Gasteiger charge is 2.13. The van der Waals surface area contributed by atoms with Crippen LogP contribution >= 0.6 is 22.9 Å². The van der Waals surface area contributed by atoms with Gasteiger partial charge in [-0.25, -0.2) is 9.37 Å². The number of carbonyl (C=O) groups is 2. The van der Waals surface area contributed by atoms with Crippen molar-refractivity contribution in [3.05, 3.63) is 80.3 Å². The smallest absolute Gasteiger partial charge is 0.270 e. The van der Waals surface area contributed by atoms with Crippen LogP contribution in [0.4, 0.5) is 4.39 Å². The molecule has 6 nitrogen and oxygen atoms in total. The number of hydrogen-bond donors (Lipinski definition) is 2. The number of aromatic nitrogens is 2. The van der Waals surface area contributed by atoms with Crippen LogP contribution in [0.15, 0.2) is 42.7 Å². The molecule has 0 saturated heterocycles. The third-order valence-electron chi connectivity index (χ3n) is 3.78. The van der Waals surface area contributed by atoms with Crippen LogP contribution in [0.5, 0.6) is 0 Å². The summed E-state index contributed by atoms with van der Waals surface area (Å²) in [6, 6.07) is 7.02. The van der Waals surface area contributed by atoms with Crippen molar-refractivity contribution in [3.63, 3.8) is 0 Å². The van der Waals surface area contributed by atoms with Gasteiger partial charge in [0.25, 0.3) is 11.8 Å². The molecule has 0 unspecified atom stereocenters. The maximum absolute atomic E-state index is 13.7. The number of nitrogens with zero attached hydrogens (tertiary/aromatic N) is 2. The van der Waals surface area contributed by atoms with Crippen molar-refractivity contribution in [3.8, 4) is 0 Å². The number of hydrogen-bond acceptors (Lipinski definition) is 5. The topological polar surface area (TPSA) is 84.0 Å². The maximum atomic E-state index is 13.7. The molecule has 2 N–H and O–H groups in total. The highest BCUT2D eigenvalue weighted by atomic mass is 35.5. The molecule has 0 radical (unpaired) electrons. The molecular weight excluding hydrogens is 403 g/mol. The first-order chi connectivity index (χ1) is 13.4. The van der Waals surface area contributed by atoms with E-state index < -0.39 is 11.7 Å². The van der Waals surface area contributed by atoms with E-state index in [1.165, 1.54) is 29.7 Å². The third kappa shape index (κ3) is 5.11. The summed E-state index contributed by atoms with van der Waals surface area (Å²) in [4.78, 5) is 33.4. The third-order valence-corrected chi connectivity index (χ3v) is 4.92. The molecule has 0 aliphatic carbocycles. The van der Waals surface area contributed by atoms with Crippen LogP contribution in [0.3, 0.4) is 0 Å². The molecule has 0 atom stereocenters. The largest absolute Gasteiger partial charge is 0.348 e. The Hall–Kier alpha value is -2.84. The van der Waals surface area contributed by atoms with Crippen LogP contribution < -0.4 is 10.6 Å². The van der Waals surface area contributed by atoms with Gasteiger partial charge in [-0.2, -0.15) is 0 Å². The van der Waals surface area contributed by atoms with E-state index in [0.29, 0.717) is 12.1 Å². The van der Waals surface area contributed by atoms with E-state index >= 15 is 0 Å². The van der Waals surface area contributed by atoms with Crippen molar-refractivity contribution < 1.29 is 14.0 Å². The molecule has 3 rings (SSSR count). The molecule has 2 aromatic heterocycles. The summed E-state index contributed by atoms with van der Waals surface area (Å²) in [5, 5.41) is 6.59. The molecule has 0 bridgehead atoms. The molecule has 0 aliphatic rings. The number of amides is 2. The second kappa shape index (κ2) is 8.90. The van der Waals surface area contributed by atoms with Crippen molar-refractivity contribution >= 4 is 34.8 Å². The van der Waals surface area contributed by atoms with E-state index in [-0.39, 0.29) is 28.7 Å². The molecule has 1 aromatic carbocycles. The molecule has 2 heterocycles. The number of rotatable bonds is 6. The molecule has 0 fully saturated rings. The van der Waals surface area contributed by atoms with Gasteiger partial charge in [0.15, 0.2) is 0 Å². The Morgan fingerprint density at radius 3 is 2.54 bits per heavy atom. The van der Waals surface area contributed by atoms with Crippen molar-refractivity contribution in [2.45, 2.75) is 20.0 Å². The van der Waals surface area contributed by atoms with Crippen molar-refractivity contribution in [2.24, 2.45) is 0 Å². The van der Waals surface area contributed by atoms with Gasteiger partial charge in [0.2, 0.25) is 0 Å². The van der Waals surface area contributed by atoms with Crippen LogP contribution in [0.2, 0.25) is 5.02 Å². The Morgan fingerprint density at radius 1 is 1.07 bits per heavy atom. The number of thiazole rings is 1. The van der Waals surface area contributed by atoms with Gasteiger partial charge in [-0.05, 0) is 36.8 Å². The highest BCUT2D eigenvalue weighted by molar-refractivity contribution is 7.11. The normalized spacial score (nSPS) is 10.5. The summed E-state index contributed by atoms with van der Waals surface area (Å²) < 4.78 is 13.7. The molecular formula is C19H16ClFN4O2S. The zero-order chi connectivity index (χ0) is 20.1. The van der Waals surface area contributed by atoms with Crippen LogP contribution in [0.25, 0.3) is 0 Å². The molecule has 0 saturated carbocycles. The summed E-state index contributed by atoms with van der Waals surface area (Å²) in [7, 11) is 0. The number of aryl methyl sites for hydroxylation is 1. The fourth-order valence-corrected chi connectivity index (χ4v) is 3.26. The summed E-state index contributed by atoms with van der Waals surface area (Å²) in [6.45, 7) is 2.42. The molecule has 9 heteroatoms. The molecule has 28 heavy (non-hydrogen) atoms. The standard InChI is InChI=1S/C19H16ClFN4O2S/c1-11-22-9-14(28-11)10-25-19(27)17-5-2-12(7-23-17)8-24-18(26)15-6-13(20)3-4-16(15)21/h2-7,9H,8,10H2,1H3,(H,24,26)(H,25,27). The number of pyridine rings is 1. The van der Waals surface area contributed by atoms with E-state index in [9.17, 15) is 14.0 Å². The second-order valence-corrected chi connectivity index (χ2v) is 7.64. The van der Waals surface area contributed by atoms with Gasteiger partial charge < -0.3 is 10.6 Å². The average molecular weight is 419 g/mol. The Balaban J connectivity index is 1.54. The fourth-order valence-electron chi connectivity index (χ4n) is 2.36. The zero-order valence-electron chi connectivity index (χ0n) is 14.8. The minimum Gasteiger partial charge on any atom is -0.348 e. The monoisotopic (exact) mass is 418 g/mol. The number of halogens is 2. The summed E-state index contributed by atoms with van der Waals surface area (Å²) in [5.74, 6) is -1.53. The maximum Gasteiger partial charge on any atom is 0.270 e. The first-order valence-electron chi connectivity index (χ1n) is 8.30. The van der Waals surface area contributed by atoms with E-state index in [0.717, 1.165) is 16.0 Å². The predicted molar refractivity (Wildman–Crippen MR) is 105 cm³/mol. The van der Waals surface area contributed by atoms with Crippen molar-refractivity contribution in [1.82, 2.24) is 20.6 Å². The highest BCUT2D eigenvalue weighted by Crippen LogP contribution is 2.15. The van der Waals surface area contributed by atoms with Gasteiger partial charge in [0, 0.05) is 28.8 Å². The lowest BCUT2D eigenvalue weighted by Crippen LogP contribution is -2.25. The average Bonchev–Trinajstić information content (AvgIpc) is 3.11. The van der Waals surface area contributed by atoms with E-state index in [1.807, 2.05) is 6.92 Å². The quantitative estimate of drug-likeness (QED) is 0.641. The molecule has 3 aromatic rings. The molecule has 0 spiro atoms. The Bertz CT molecular complexity index is 1010. The van der Waals surface area contributed by atoms with E-state index in [2.05, 4.69) is 20.6 Å². The van der Waals surface area contributed by atoms with Gasteiger partial charge in [-0.3, -0.25) is 14.6 Å². The Morgan fingerprint density at radius 2 is 1.86 bits per heavy atom. The second-order valence-electron chi connectivity index (χ2n) is 5.89. The summed E-state index contributed by atoms with van der Waals surface area (Å²) in [6.07, 6.45) is 3.21.